The lowest BCUT2D eigenvalue weighted by atomic mass is 10.1. The van der Waals surface area contributed by atoms with Gasteiger partial charge < -0.3 is 17.2 Å². The number of halogens is 1. The lowest BCUT2D eigenvalue weighted by Gasteiger charge is -2.12. The van der Waals surface area contributed by atoms with Crippen molar-refractivity contribution in [3.63, 3.8) is 0 Å². The summed E-state index contributed by atoms with van der Waals surface area (Å²) < 4.78 is 0. The summed E-state index contributed by atoms with van der Waals surface area (Å²) in [6.45, 7) is 0.366. The van der Waals surface area contributed by atoms with Crippen LogP contribution in [0.4, 0.5) is 5.69 Å². The van der Waals surface area contributed by atoms with E-state index in [1.54, 1.807) is 6.07 Å². The molecule has 0 aliphatic heterocycles. The largest absolute Gasteiger partial charge is 0.397 e. The minimum absolute atomic E-state index is 0.233. The van der Waals surface area contributed by atoms with Crippen molar-refractivity contribution in [1.29, 1.82) is 0 Å². The van der Waals surface area contributed by atoms with Crippen LogP contribution in [-0.2, 0) is 0 Å². The molecule has 1 rings (SSSR count). The van der Waals surface area contributed by atoms with Crippen molar-refractivity contribution in [1.82, 2.24) is 0 Å². The summed E-state index contributed by atoms with van der Waals surface area (Å²) in [4.78, 5) is 0. The molecule has 6 N–H and O–H groups in total. The van der Waals surface area contributed by atoms with E-state index < -0.39 is 0 Å². The van der Waals surface area contributed by atoms with Gasteiger partial charge in [0.2, 0.25) is 0 Å². The van der Waals surface area contributed by atoms with Crippen LogP contribution in [-0.4, -0.2) is 6.54 Å². The molecule has 0 radical (unpaired) electrons. The molecular formula is C8H12ClN3. The Morgan fingerprint density at radius 2 is 2.08 bits per heavy atom. The van der Waals surface area contributed by atoms with E-state index in [1.807, 2.05) is 12.1 Å². The van der Waals surface area contributed by atoms with Crippen molar-refractivity contribution in [3.05, 3.63) is 28.8 Å². The summed E-state index contributed by atoms with van der Waals surface area (Å²) in [6.07, 6.45) is 0. The first-order valence-corrected chi connectivity index (χ1v) is 4.04. The van der Waals surface area contributed by atoms with E-state index in [0.717, 1.165) is 5.56 Å². The Labute approximate surface area is 76.5 Å². The smallest absolute Gasteiger partial charge is 0.0638 e. The number of anilines is 1. The van der Waals surface area contributed by atoms with E-state index in [4.69, 9.17) is 28.8 Å². The number of nitrogen functional groups attached to an aromatic ring is 1. The molecule has 0 spiro atoms. The Balaban J connectivity index is 3.07. The van der Waals surface area contributed by atoms with Gasteiger partial charge >= 0.3 is 0 Å². The highest BCUT2D eigenvalue weighted by atomic mass is 35.5. The fourth-order valence-electron chi connectivity index (χ4n) is 1.00. The zero-order chi connectivity index (χ0) is 9.14. The van der Waals surface area contributed by atoms with Crippen molar-refractivity contribution in [2.45, 2.75) is 6.04 Å². The molecule has 0 fully saturated rings. The van der Waals surface area contributed by atoms with Gasteiger partial charge in [-0.25, -0.2) is 0 Å². The Kier molecular flexibility index (Phi) is 2.92. The molecule has 4 heteroatoms. The number of para-hydroxylation sites is 1. The highest BCUT2D eigenvalue weighted by Gasteiger charge is 2.08. The molecule has 1 aromatic carbocycles. The SMILES string of the molecule is NC[C@@H](N)c1cccc(Cl)c1N. The van der Waals surface area contributed by atoms with E-state index in [9.17, 15) is 0 Å². The van der Waals surface area contributed by atoms with Crippen molar-refractivity contribution < 1.29 is 0 Å². The van der Waals surface area contributed by atoms with E-state index >= 15 is 0 Å². The van der Waals surface area contributed by atoms with Gasteiger partial charge in [-0.3, -0.25) is 0 Å². The van der Waals surface area contributed by atoms with Gasteiger partial charge in [0, 0.05) is 12.6 Å². The summed E-state index contributed by atoms with van der Waals surface area (Å²) in [5, 5.41) is 0.524. The molecule has 1 atom stereocenters. The average Bonchev–Trinajstić information content (AvgIpc) is 2.08. The third kappa shape index (κ3) is 1.69. The van der Waals surface area contributed by atoms with Crippen LogP contribution in [0.15, 0.2) is 18.2 Å². The van der Waals surface area contributed by atoms with E-state index in [0.29, 0.717) is 17.3 Å². The highest BCUT2D eigenvalue weighted by Crippen LogP contribution is 2.25. The molecule has 0 saturated heterocycles. The minimum atomic E-state index is -0.233. The Morgan fingerprint density at radius 3 is 2.67 bits per heavy atom. The molecule has 0 aromatic heterocycles. The van der Waals surface area contributed by atoms with Crippen molar-refractivity contribution in [2.75, 3.05) is 12.3 Å². The monoisotopic (exact) mass is 185 g/mol. The van der Waals surface area contributed by atoms with Crippen LogP contribution < -0.4 is 17.2 Å². The fraction of sp³-hybridized carbons (Fsp3) is 0.250. The van der Waals surface area contributed by atoms with Crippen LogP contribution in [0.5, 0.6) is 0 Å². The average molecular weight is 186 g/mol. The van der Waals surface area contributed by atoms with Gasteiger partial charge in [0.1, 0.15) is 0 Å². The first-order valence-electron chi connectivity index (χ1n) is 3.66. The van der Waals surface area contributed by atoms with Crippen molar-refractivity contribution in [3.8, 4) is 0 Å². The van der Waals surface area contributed by atoms with Crippen LogP contribution in [0.1, 0.15) is 11.6 Å². The van der Waals surface area contributed by atoms with Crippen LogP contribution >= 0.6 is 11.6 Å². The predicted molar refractivity (Wildman–Crippen MR) is 51.8 cm³/mol. The topological polar surface area (TPSA) is 78.1 Å². The molecule has 0 saturated carbocycles. The van der Waals surface area contributed by atoms with E-state index in [1.165, 1.54) is 0 Å². The normalized spacial score (nSPS) is 12.9. The second kappa shape index (κ2) is 3.76. The Morgan fingerprint density at radius 1 is 1.42 bits per heavy atom. The van der Waals surface area contributed by atoms with Crippen molar-refractivity contribution in [2.24, 2.45) is 11.5 Å². The molecule has 0 bridgehead atoms. The van der Waals surface area contributed by atoms with Crippen LogP contribution in [0, 0.1) is 0 Å². The molecular weight excluding hydrogens is 174 g/mol. The molecule has 0 unspecified atom stereocenters. The second-order valence-electron chi connectivity index (χ2n) is 2.58. The van der Waals surface area contributed by atoms with Crippen LogP contribution in [0.2, 0.25) is 5.02 Å². The summed E-state index contributed by atoms with van der Waals surface area (Å²) in [7, 11) is 0. The number of nitrogens with two attached hydrogens (primary N) is 3. The lowest BCUT2D eigenvalue weighted by molar-refractivity contribution is 0.739. The van der Waals surface area contributed by atoms with Gasteiger partial charge in [0.15, 0.2) is 0 Å². The van der Waals surface area contributed by atoms with Crippen LogP contribution in [0.3, 0.4) is 0 Å². The first-order chi connectivity index (χ1) is 5.66. The maximum Gasteiger partial charge on any atom is 0.0638 e. The highest BCUT2D eigenvalue weighted by molar-refractivity contribution is 6.33. The maximum atomic E-state index is 5.79. The van der Waals surface area contributed by atoms with Crippen molar-refractivity contribution >= 4 is 17.3 Å². The molecule has 1 aromatic rings. The third-order valence-corrected chi connectivity index (χ3v) is 2.07. The molecule has 66 valence electrons. The molecule has 0 amide bonds. The standard InChI is InChI=1S/C8H12ClN3/c9-6-3-1-2-5(8(6)12)7(11)4-10/h1-3,7H,4,10-12H2/t7-/m1/s1. The maximum absolute atomic E-state index is 5.79. The predicted octanol–water partition coefficient (Wildman–Crippen LogP) is 0.881. The summed E-state index contributed by atoms with van der Waals surface area (Å²) >= 11 is 5.79. The van der Waals surface area contributed by atoms with Gasteiger partial charge in [-0.05, 0) is 11.6 Å². The van der Waals surface area contributed by atoms with Gasteiger partial charge in [0.25, 0.3) is 0 Å². The number of rotatable bonds is 2. The Hall–Kier alpha value is -0.770. The van der Waals surface area contributed by atoms with Crippen LogP contribution in [0.25, 0.3) is 0 Å². The minimum Gasteiger partial charge on any atom is -0.397 e. The zero-order valence-corrected chi connectivity index (χ0v) is 7.38. The number of hydrogen-bond donors (Lipinski definition) is 3. The van der Waals surface area contributed by atoms with Gasteiger partial charge in [0.05, 0.1) is 10.7 Å². The molecule has 3 nitrogen and oxygen atoms in total. The lowest BCUT2D eigenvalue weighted by Crippen LogP contribution is -2.21. The summed E-state index contributed by atoms with van der Waals surface area (Å²) in [5.41, 5.74) is 18.1. The zero-order valence-electron chi connectivity index (χ0n) is 6.63. The van der Waals surface area contributed by atoms with E-state index in [-0.39, 0.29) is 6.04 Å². The fourth-order valence-corrected chi connectivity index (χ4v) is 1.19. The molecule has 12 heavy (non-hydrogen) atoms. The van der Waals surface area contributed by atoms with E-state index in [2.05, 4.69) is 0 Å². The molecule has 0 aliphatic rings. The molecule has 0 aliphatic carbocycles. The Bertz CT molecular complexity index is 275. The summed E-state index contributed by atoms with van der Waals surface area (Å²) in [6, 6.07) is 5.13. The van der Waals surface area contributed by atoms with Gasteiger partial charge in [-0.1, -0.05) is 23.7 Å². The number of benzene rings is 1. The van der Waals surface area contributed by atoms with Gasteiger partial charge in [-0.15, -0.1) is 0 Å². The summed E-state index contributed by atoms with van der Waals surface area (Å²) in [5.74, 6) is 0. The third-order valence-electron chi connectivity index (χ3n) is 1.74. The first kappa shape index (κ1) is 9.32. The van der Waals surface area contributed by atoms with Gasteiger partial charge in [-0.2, -0.15) is 0 Å². The molecule has 0 heterocycles. The second-order valence-corrected chi connectivity index (χ2v) is 2.99. The number of hydrogen-bond acceptors (Lipinski definition) is 3. The quantitative estimate of drug-likeness (QED) is 0.599.